The van der Waals surface area contributed by atoms with E-state index in [1.54, 1.807) is 0 Å². The van der Waals surface area contributed by atoms with Crippen LogP contribution in [0.5, 0.6) is 0 Å². The number of amides is 1. The van der Waals surface area contributed by atoms with E-state index in [1.165, 1.54) is 35.4 Å². The summed E-state index contributed by atoms with van der Waals surface area (Å²) in [7, 11) is 0. The Labute approximate surface area is 173 Å². The number of hydrogen-bond donors (Lipinski definition) is 2. The zero-order valence-electron chi connectivity index (χ0n) is 16.2. The number of nitrogens with one attached hydrogen (secondary N) is 2. The lowest BCUT2D eigenvalue weighted by Gasteiger charge is -2.16. The summed E-state index contributed by atoms with van der Waals surface area (Å²) in [5, 5.41) is 7.30. The smallest absolute Gasteiger partial charge is 0.255 e. The lowest BCUT2D eigenvalue weighted by molar-refractivity contribution is 0.102. The summed E-state index contributed by atoms with van der Waals surface area (Å²) in [5.41, 5.74) is 4.59. The number of halogens is 1. The van der Waals surface area contributed by atoms with Crippen LogP contribution in [0.1, 0.15) is 33.9 Å². The third kappa shape index (κ3) is 3.50. The van der Waals surface area contributed by atoms with Crippen LogP contribution in [0.3, 0.4) is 0 Å². The Balaban J connectivity index is 1.39. The molecule has 4 aromatic rings. The molecule has 1 heterocycles. The second-order valence-corrected chi connectivity index (χ2v) is 7.46. The predicted octanol–water partition coefficient (Wildman–Crippen LogP) is 5.73. The molecule has 1 aromatic heterocycles. The van der Waals surface area contributed by atoms with Crippen LogP contribution in [0.2, 0.25) is 0 Å². The molecule has 3 aromatic carbocycles. The third-order valence-corrected chi connectivity index (χ3v) is 5.54. The van der Waals surface area contributed by atoms with Gasteiger partial charge in [-0.25, -0.2) is 9.37 Å². The molecular formula is C25H20FN3O. The summed E-state index contributed by atoms with van der Waals surface area (Å²) < 4.78 is 13.1. The van der Waals surface area contributed by atoms with E-state index in [0.717, 1.165) is 29.6 Å². The molecule has 1 atom stereocenters. The maximum Gasteiger partial charge on any atom is 0.255 e. The molecule has 148 valence electrons. The van der Waals surface area contributed by atoms with Crippen LogP contribution >= 0.6 is 0 Å². The van der Waals surface area contributed by atoms with Crippen LogP contribution in [-0.4, -0.2) is 10.9 Å². The van der Waals surface area contributed by atoms with Gasteiger partial charge < -0.3 is 10.6 Å². The number of aryl methyl sites for hydroxylation is 1. The quantitative estimate of drug-likeness (QED) is 0.463. The molecule has 0 spiro atoms. The first-order valence-electron chi connectivity index (χ1n) is 9.98. The zero-order valence-corrected chi connectivity index (χ0v) is 16.2. The highest BCUT2D eigenvalue weighted by atomic mass is 19.1. The fraction of sp³-hybridized carbons (Fsp3) is 0.120. The minimum Gasteiger partial charge on any atom is -0.363 e. The van der Waals surface area contributed by atoms with E-state index >= 15 is 0 Å². The van der Waals surface area contributed by atoms with Crippen LogP contribution < -0.4 is 10.6 Å². The van der Waals surface area contributed by atoms with Gasteiger partial charge in [0.25, 0.3) is 5.91 Å². The van der Waals surface area contributed by atoms with Gasteiger partial charge in [0.1, 0.15) is 11.6 Å². The topological polar surface area (TPSA) is 54.0 Å². The van der Waals surface area contributed by atoms with Crippen LogP contribution in [0, 0.1) is 5.82 Å². The second kappa shape index (κ2) is 7.59. The normalized spacial score (nSPS) is 15.0. The number of nitrogens with zero attached hydrogens (tertiary/aromatic N) is 1. The Hall–Kier alpha value is -3.73. The molecule has 0 saturated carbocycles. The molecule has 0 aliphatic heterocycles. The predicted molar refractivity (Wildman–Crippen MR) is 117 cm³/mol. The molecule has 0 unspecified atom stereocenters. The number of hydrogen-bond acceptors (Lipinski definition) is 3. The largest absolute Gasteiger partial charge is 0.363 e. The van der Waals surface area contributed by atoms with Gasteiger partial charge in [0.15, 0.2) is 0 Å². The number of fused-ring (bicyclic) bond motifs is 2. The molecule has 1 aliphatic rings. The number of anilines is 2. The van der Waals surface area contributed by atoms with Gasteiger partial charge in [-0.15, -0.1) is 0 Å². The average Bonchev–Trinajstić information content (AvgIpc) is 3.17. The summed E-state index contributed by atoms with van der Waals surface area (Å²) in [6.45, 7) is 0. The van der Waals surface area contributed by atoms with E-state index in [1.807, 2.05) is 30.3 Å². The summed E-state index contributed by atoms with van der Waals surface area (Å²) in [6, 6.07) is 23.8. The first-order chi connectivity index (χ1) is 14.7. The lowest BCUT2D eigenvalue weighted by atomic mass is 10.1. The van der Waals surface area contributed by atoms with Gasteiger partial charge in [0.2, 0.25) is 0 Å². The van der Waals surface area contributed by atoms with Crippen molar-refractivity contribution >= 4 is 28.3 Å². The van der Waals surface area contributed by atoms with E-state index in [0.29, 0.717) is 11.3 Å². The van der Waals surface area contributed by atoms with Gasteiger partial charge in [0.05, 0.1) is 17.2 Å². The maximum atomic E-state index is 13.1. The third-order valence-electron chi connectivity index (χ3n) is 5.54. The molecule has 0 saturated heterocycles. The molecule has 5 heteroatoms. The fourth-order valence-corrected chi connectivity index (χ4v) is 4.03. The van der Waals surface area contributed by atoms with E-state index in [4.69, 9.17) is 4.98 Å². The summed E-state index contributed by atoms with van der Waals surface area (Å²) >= 11 is 0. The van der Waals surface area contributed by atoms with Crippen molar-refractivity contribution in [2.75, 3.05) is 10.6 Å². The second-order valence-electron chi connectivity index (χ2n) is 7.46. The number of benzene rings is 3. The number of rotatable bonds is 4. The van der Waals surface area contributed by atoms with Gasteiger partial charge in [-0.3, -0.25) is 4.79 Å². The van der Waals surface area contributed by atoms with Gasteiger partial charge in [-0.2, -0.15) is 0 Å². The SMILES string of the molecule is O=C(Nc1cccc2nc(N[C@@H]3CCc4ccccc43)ccc12)c1ccc(F)cc1. The van der Waals surface area contributed by atoms with E-state index in [9.17, 15) is 9.18 Å². The first-order valence-corrected chi connectivity index (χ1v) is 9.98. The summed E-state index contributed by atoms with van der Waals surface area (Å²) in [4.78, 5) is 17.3. The maximum absolute atomic E-state index is 13.1. The van der Waals surface area contributed by atoms with Crippen molar-refractivity contribution in [2.24, 2.45) is 0 Å². The standard InChI is InChI=1S/C25H20FN3O/c26-18-11-8-17(9-12-18)25(30)29-22-7-3-6-21-20(22)13-15-24(27-21)28-23-14-10-16-4-1-2-5-19(16)23/h1-9,11-13,15,23H,10,14H2,(H,27,28)(H,29,30)/t23-/m1/s1. The highest BCUT2D eigenvalue weighted by Gasteiger charge is 2.22. The van der Waals surface area contributed by atoms with Crippen molar-refractivity contribution in [2.45, 2.75) is 18.9 Å². The molecule has 1 aliphatic carbocycles. The fourth-order valence-electron chi connectivity index (χ4n) is 4.03. The summed E-state index contributed by atoms with van der Waals surface area (Å²) in [6.07, 6.45) is 2.12. The van der Waals surface area contributed by atoms with E-state index in [2.05, 4.69) is 34.9 Å². The van der Waals surface area contributed by atoms with E-state index < -0.39 is 0 Å². The molecular weight excluding hydrogens is 377 g/mol. The number of carbonyl (C=O) groups is 1. The Morgan fingerprint density at radius 1 is 0.933 bits per heavy atom. The van der Waals surface area contributed by atoms with Crippen molar-refractivity contribution in [3.05, 3.63) is 101 Å². The highest BCUT2D eigenvalue weighted by molar-refractivity contribution is 6.08. The van der Waals surface area contributed by atoms with Crippen LogP contribution in [0.15, 0.2) is 78.9 Å². The number of aromatic nitrogens is 1. The van der Waals surface area contributed by atoms with Crippen molar-refractivity contribution in [1.29, 1.82) is 0 Å². The molecule has 0 radical (unpaired) electrons. The minimum atomic E-state index is -0.370. The van der Waals surface area contributed by atoms with Crippen molar-refractivity contribution in [1.82, 2.24) is 4.98 Å². The van der Waals surface area contributed by atoms with Crippen molar-refractivity contribution < 1.29 is 9.18 Å². The molecule has 2 N–H and O–H groups in total. The molecule has 0 fully saturated rings. The monoisotopic (exact) mass is 397 g/mol. The van der Waals surface area contributed by atoms with Crippen LogP contribution in [0.25, 0.3) is 10.9 Å². The zero-order chi connectivity index (χ0) is 20.5. The Kier molecular flexibility index (Phi) is 4.64. The molecule has 4 nitrogen and oxygen atoms in total. The highest BCUT2D eigenvalue weighted by Crippen LogP contribution is 2.34. The Morgan fingerprint density at radius 2 is 1.77 bits per heavy atom. The van der Waals surface area contributed by atoms with Gasteiger partial charge >= 0.3 is 0 Å². The number of carbonyl (C=O) groups excluding carboxylic acids is 1. The summed E-state index contributed by atoms with van der Waals surface area (Å²) in [5.74, 6) is 0.157. The van der Waals surface area contributed by atoms with E-state index in [-0.39, 0.29) is 17.8 Å². The number of pyridine rings is 1. The van der Waals surface area contributed by atoms with Crippen molar-refractivity contribution in [3.63, 3.8) is 0 Å². The van der Waals surface area contributed by atoms with Gasteiger partial charge in [-0.1, -0.05) is 30.3 Å². The Bertz CT molecular complexity index is 1240. The molecule has 30 heavy (non-hydrogen) atoms. The average molecular weight is 397 g/mol. The minimum absolute atomic E-state index is 0.257. The molecule has 0 bridgehead atoms. The molecule has 1 amide bonds. The molecule has 5 rings (SSSR count). The van der Waals surface area contributed by atoms with Gasteiger partial charge in [-0.05, 0) is 72.5 Å². The van der Waals surface area contributed by atoms with Crippen LogP contribution in [0.4, 0.5) is 15.9 Å². The lowest BCUT2D eigenvalue weighted by Crippen LogP contribution is -2.12. The van der Waals surface area contributed by atoms with Crippen molar-refractivity contribution in [3.8, 4) is 0 Å². The first kappa shape index (κ1) is 18.3. The van der Waals surface area contributed by atoms with Crippen LogP contribution in [-0.2, 0) is 6.42 Å². The Morgan fingerprint density at radius 3 is 2.63 bits per heavy atom. The van der Waals surface area contributed by atoms with Gasteiger partial charge in [0, 0.05) is 10.9 Å².